The number of carbonyl (C=O) groups is 1. The third kappa shape index (κ3) is 6.56. The summed E-state index contributed by atoms with van der Waals surface area (Å²) >= 11 is 8.81. The molecule has 162 valence electrons. The topological polar surface area (TPSA) is 85.6 Å². The predicted octanol–water partition coefficient (Wildman–Crippen LogP) is 4.86. The van der Waals surface area contributed by atoms with Gasteiger partial charge in [0.2, 0.25) is 5.91 Å². The molecule has 0 aliphatic rings. The standard InChI is InChI=1S/C21H23ClN6OS2/c1-5-8-28-18(11-30-20-23-14(3)10-15(4)24-20)26-27-21(28)31-12-19(29)25-17-7-6-16(22)9-13(17)2/h5-7,9-10H,1,8,11-12H2,2-4H3,(H,25,29). The summed E-state index contributed by atoms with van der Waals surface area (Å²) in [5, 5.41) is 13.5. The summed E-state index contributed by atoms with van der Waals surface area (Å²) < 4.78 is 1.95. The molecular weight excluding hydrogens is 452 g/mol. The van der Waals surface area contributed by atoms with Crippen LogP contribution in [0.15, 0.2) is 47.2 Å². The molecule has 1 aromatic carbocycles. The molecular formula is C21H23ClN6OS2. The fourth-order valence-electron chi connectivity index (χ4n) is 2.82. The first-order valence-electron chi connectivity index (χ1n) is 9.52. The summed E-state index contributed by atoms with van der Waals surface area (Å²) in [6.07, 6.45) is 1.78. The number of nitrogens with zero attached hydrogens (tertiary/aromatic N) is 5. The van der Waals surface area contributed by atoms with E-state index in [0.717, 1.165) is 28.5 Å². The van der Waals surface area contributed by atoms with Crippen molar-refractivity contribution in [3.05, 3.63) is 64.7 Å². The maximum Gasteiger partial charge on any atom is 0.234 e. The first-order valence-corrected chi connectivity index (χ1v) is 11.9. The van der Waals surface area contributed by atoms with Crippen molar-refractivity contribution in [1.29, 1.82) is 0 Å². The van der Waals surface area contributed by atoms with Crippen LogP contribution in [-0.4, -0.2) is 36.4 Å². The van der Waals surface area contributed by atoms with Crippen molar-refractivity contribution in [2.24, 2.45) is 0 Å². The summed E-state index contributed by atoms with van der Waals surface area (Å²) in [4.78, 5) is 21.3. The SMILES string of the molecule is C=CCn1c(CSc2nc(C)cc(C)n2)nnc1SCC(=O)Nc1ccc(Cl)cc1C. The van der Waals surface area contributed by atoms with Crippen molar-refractivity contribution in [3.63, 3.8) is 0 Å². The van der Waals surface area contributed by atoms with E-state index in [1.807, 2.05) is 37.5 Å². The van der Waals surface area contributed by atoms with Gasteiger partial charge in [-0.05, 0) is 50.6 Å². The number of nitrogens with one attached hydrogen (secondary N) is 1. The van der Waals surface area contributed by atoms with E-state index in [-0.39, 0.29) is 11.7 Å². The molecule has 2 aromatic heterocycles. The zero-order valence-electron chi connectivity index (χ0n) is 17.6. The summed E-state index contributed by atoms with van der Waals surface area (Å²) in [5.74, 6) is 1.44. The maximum absolute atomic E-state index is 12.4. The Labute approximate surface area is 195 Å². The van der Waals surface area contributed by atoms with Crippen LogP contribution in [0.5, 0.6) is 0 Å². The molecule has 0 saturated heterocycles. The van der Waals surface area contributed by atoms with Crippen molar-refractivity contribution in [3.8, 4) is 0 Å². The molecule has 1 N–H and O–H groups in total. The fraction of sp³-hybridized carbons (Fsp3) is 0.286. The van der Waals surface area contributed by atoms with Crippen LogP contribution >= 0.6 is 35.1 Å². The van der Waals surface area contributed by atoms with Crippen molar-refractivity contribution >= 4 is 46.7 Å². The van der Waals surface area contributed by atoms with Gasteiger partial charge in [0.15, 0.2) is 10.3 Å². The van der Waals surface area contributed by atoms with E-state index in [1.165, 1.54) is 23.5 Å². The lowest BCUT2D eigenvalue weighted by molar-refractivity contribution is -0.113. The number of amides is 1. The Kier molecular flexibility index (Phi) is 8.11. The minimum atomic E-state index is -0.122. The Balaban J connectivity index is 1.64. The first-order chi connectivity index (χ1) is 14.9. The Morgan fingerprint density at radius 3 is 2.58 bits per heavy atom. The summed E-state index contributed by atoms with van der Waals surface area (Å²) in [6, 6.07) is 7.30. The Hall–Kier alpha value is -2.36. The van der Waals surface area contributed by atoms with Gasteiger partial charge in [-0.15, -0.1) is 16.8 Å². The molecule has 3 rings (SSSR count). The number of aromatic nitrogens is 5. The van der Waals surface area contributed by atoms with E-state index in [4.69, 9.17) is 11.6 Å². The van der Waals surface area contributed by atoms with E-state index in [1.54, 1.807) is 18.2 Å². The van der Waals surface area contributed by atoms with Crippen LogP contribution in [0.3, 0.4) is 0 Å². The number of allylic oxidation sites excluding steroid dienone is 1. The van der Waals surface area contributed by atoms with Crippen molar-refractivity contribution < 1.29 is 4.79 Å². The highest BCUT2D eigenvalue weighted by molar-refractivity contribution is 7.99. The molecule has 0 aliphatic carbocycles. The van der Waals surface area contributed by atoms with Crippen molar-refractivity contribution in [1.82, 2.24) is 24.7 Å². The smallest absolute Gasteiger partial charge is 0.234 e. The minimum absolute atomic E-state index is 0.122. The number of thioether (sulfide) groups is 2. The number of benzene rings is 1. The van der Waals surface area contributed by atoms with Crippen LogP contribution < -0.4 is 5.32 Å². The van der Waals surface area contributed by atoms with Crippen molar-refractivity contribution in [2.45, 2.75) is 43.4 Å². The van der Waals surface area contributed by atoms with E-state index >= 15 is 0 Å². The number of anilines is 1. The number of aryl methyl sites for hydroxylation is 3. The highest BCUT2D eigenvalue weighted by atomic mass is 35.5. The third-order valence-corrected chi connectivity index (χ3v) is 6.24. The number of rotatable bonds is 9. The second kappa shape index (κ2) is 10.8. The van der Waals surface area contributed by atoms with Gasteiger partial charge in [-0.1, -0.05) is 41.2 Å². The molecule has 31 heavy (non-hydrogen) atoms. The number of halogens is 1. The fourth-order valence-corrected chi connectivity index (χ4v) is 4.70. The summed E-state index contributed by atoms with van der Waals surface area (Å²) in [6.45, 7) is 10.2. The molecule has 7 nitrogen and oxygen atoms in total. The maximum atomic E-state index is 12.4. The average Bonchev–Trinajstić information content (AvgIpc) is 3.08. The predicted molar refractivity (Wildman–Crippen MR) is 127 cm³/mol. The minimum Gasteiger partial charge on any atom is -0.325 e. The monoisotopic (exact) mass is 474 g/mol. The highest BCUT2D eigenvalue weighted by Crippen LogP contribution is 2.24. The van der Waals surface area contributed by atoms with Gasteiger partial charge in [-0.2, -0.15) is 0 Å². The van der Waals surface area contributed by atoms with Crippen LogP contribution in [0.2, 0.25) is 5.02 Å². The molecule has 0 fully saturated rings. The molecule has 10 heteroatoms. The van der Waals surface area contributed by atoms with Gasteiger partial charge in [0.25, 0.3) is 0 Å². The molecule has 0 unspecified atom stereocenters. The van der Waals surface area contributed by atoms with E-state index in [9.17, 15) is 4.79 Å². The average molecular weight is 475 g/mol. The Morgan fingerprint density at radius 1 is 1.16 bits per heavy atom. The molecule has 0 bridgehead atoms. The molecule has 3 aromatic rings. The lowest BCUT2D eigenvalue weighted by Crippen LogP contribution is -2.15. The molecule has 0 radical (unpaired) electrons. The first kappa shape index (κ1) is 23.3. The zero-order valence-corrected chi connectivity index (χ0v) is 19.9. The van der Waals surface area contributed by atoms with Crippen LogP contribution in [0.1, 0.15) is 22.8 Å². The van der Waals surface area contributed by atoms with Crippen LogP contribution in [0, 0.1) is 20.8 Å². The number of carbonyl (C=O) groups excluding carboxylic acids is 1. The summed E-state index contributed by atoms with van der Waals surface area (Å²) in [5.41, 5.74) is 3.52. The van der Waals surface area contributed by atoms with Gasteiger partial charge in [0, 0.05) is 28.6 Å². The van der Waals surface area contributed by atoms with E-state index in [2.05, 4.69) is 32.1 Å². The van der Waals surface area contributed by atoms with Gasteiger partial charge in [-0.3, -0.25) is 4.79 Å². The van der Waals surface area contributed by atoms with Crippen LogP contribution in [0.4, 0.5) is 5.69 Å². The molecule has 2 heterocycles. The van der Waals surface area contributed by atoms with Crippen LogP contribution in [-0.2, 0) is 17.1 Å². The van der Waals surface area contributed by atoms with Gasteiger partial charge in [0.1, 0.15) is 5.82 Å². The lowest BCUT2D eigenvalue weighted by atomic mass is 10.2. The largest absolute Gasteiger partial charge is 0.325 e. The second-order valence-corrected chi connectivity index (χ2v) is 9.14. The van der Waals surface area contributed by atoms with Gasteiger partial charge in [0.05, 0.1) is 11.5 Å². The second-order valence-electron chi connectivity index (χ2n) is 6.82. The Bertz CT molecular complexity index is 1080. The molecule has 0 spiro atoms. The number of hydrogen-bond donors (Lipinski definition) is 1. The van der Waals surface area contributed by atoms with Crippen molar-refractivity contribution in [2.75, 3.05) is 11.1 Å². The molecule has 0 saturated carbocycles. The van der Waals surface area contributed by atoms with Gasteiger partial charge >= 0.3 is 0 Å². The number of hydrogen-bond acceptors (Lipinski definition) is 7. The quantitative estimate of drug-likeness (QED) is 0.269. The normalized spacial score (nSPS) is 10.8. The third-order valence-electron chi connectivity index (χ3n) is 4.19. The molecule has 1 amide bonds. The van der Waals surface area contributed by atoms with Gasteiger partial charge < -0.3 is 9.88 Å². The van der Waals surface area contributed by atoms with Crippen LogP contribution in [0.25, 0.3) is 0 Å². The lowest BCUT2D eigenvalue weighted by Gasteiger charge is -2.09. The molecule has 0 atom stereocenters. The highest BCUT2D eigenvalue weighted by Gasteiger charge is 2.15. The van der Waals surface area contributed by atoms with Gasteiger partial charge in [-0.25, -0.2) is 9.97 Å². The zero-order chi connectivity index (χ0) is 22.4. The van der Waals surface area contributed by atoms with E-state index < -0.39 is 0 Å². The summed E-state index contributed by atoms with van der Waals surface area (Å²) in [7, 11) is 0. The van der Waals surface area contributed by atoms with E-state index in [0.29, 0.717) is 27.6 Å². The molecule has 0 aliphatic heterocycles. The Morgan fingerprint density at radius 2 is 1.90 bits per heavy atom.